The maximum Gasteiger partial charge on any atom is 0.411 e. The Kier molecular flexibility index (Phi) is 5.56. The topological polar surface area (TPSA) is 61.8 Å². The monoisotopic (exact) mass is 340 g/mol. The van der Waals surface area contributed by atoms with Crippen LogP contribution < -0.4 is 10.2 Å². The molecule has 0 aromatic heterocycles. The van der Waals surface area contributed by atoms with Gasteiger partial charge in [-0.15, -0.1) is 0 Å². The Balaban J connectivity index is 1.56. The summed E-state index contributed by atoms with van der Waals surface area (Å²) in [6.07, 6.45) is 0.953. The quantitative estimate of drug-likeness (QED) is 0.891. The van der Waals surface area contributed by atoms with Crippen molar-refractivity contribution in [3.63, 3.8) is 0 Å². The van der Waals surface area contributed by atoms with Crippen LogP contribution in [0.1, 0.15) is 24.0 Å². The Hall–Kier alpha value is -2.53. The largest absolute Gasteiger partial charge is 0.444 e. The molecule has 1 saturated heterocycles. The summed E-state index contributed by atoms with van der Waals surface area (Å²) in [5.74, 6) is 0. The maximum atomic E-state index is 12.0. The van der Waals surface area contributed by atoms with Crippen LogP contribution in [-0.4, -0.2) is 30.4 Å². The second kappa shape index (κ2) is 8.03. The average molecular weight is 340 g/mol. The van der Waals surface area contributed by atoms with Gasteiger partial charge >= 0.3 is 6.09 Å². The molecule has 2 N–H and O–H groups in total. The normalized spacial score (nSPS) is 15.0. The molecule has 0 bridgehead atoms. The standard InChI is InChI=1S/C20H24N2O3/c1-15-13-17(22-11-9-18(23)10-12-22)7-8-19(15)21-20(24)25-14-16-5-3-2-4-6-16/h2-8,13,18,23H,9-12,14H2,1H3,(H,21,24). The lowest BCUT2D eigenvalue weighted by Crippen LogP contribution is -2.35. The van der Waals surface area contributed by atoms with E-state index in [1.165, 1.54) is 0 Å². The summed E-state index contributed by atoms with van der Waals surface area (Å²) in [6, 6.07) is 15.6. The fourth-order valence-corrected chi connectivity index (χ4v) is 2.98. The molecule has 1 aliphatic heterocycles. The van der Waals surface area contributed by atoms with E-state index in [9.17, 15) is 9.90 Å². The zero-order valence-corrected chi connectivity index (χ0v) is 14.4. The summed E-state index contributed by atoms with van der Waals surface area (Å²) in [6.45, 7) is 3.92. The van der Waals surface area contributed by atoms with E-state index in [1.807, 2.05) is 49.4 Å². The minimum Gasteiger partial charge on any atom is -0.444 e. The molecule has 3 rings (SSSR count). The molecule has 132 valence electrons. The zero-order chi connectivity index (χ0) is 17.6. The van der Waals surface area contributed by atoms with Crippen LogP contribution in [0, 0.1) is 6.92 Å². The molecule has 2 aromatic rings. The number of carbonyl (C=O) groups excluding carboxylic acids is 1. The fourth-order valence-electron chi connectivity index (χ4n) is 2.98. The Morgan fingerprint density at radius 1 is 1.20 bits per heavy atom. The molecule has 1 amide bonds. The highest BCUT2D eigenvalue weighted by molar-refractivity contribution is 5.86. The molecular formula is C20H24N2O3. The third-order valence-corrected chi connectivity index (χ3v) is 4.49. The first kappa shape index (κ1) is 17.3. The number of aryl methyl sites for hydroxylation is 1. The average Bonchev–Trinajstić information content (AvgIpc) is 2.63. The van der Waals surface area contributed by atoms with E-state index in [-0.39, 0.29) is 12.7 Å². The molecule has 2 aromatic carbocycles. The summed E-state index contributed by atoms with van der Waals surface area (Å²) >= 11 is 0. The Bertz CT molecular complexity index is 710. The van der Waals surface area contributed by atoms with Crippen molar-refractivity contribution in [3.8, 4) is 0 Å². The van der Waals surface area contributed by atoms with Crippen molar-refractivity contribution in [2.75, 3.05) is 23.3 Å². The molecule has 5 nitrogen and oxygen atoms in total. The predicted molar refractivity (Wildman–Crippen MR) is 98.9 cm³/mol. The molecule has 0 unspecified atom stereocenters. The molecule has 25 heavy (non-hydrogen) atoms. The third kappa shape index (κ3) is 4.73. The van der Waals surface area contributed by atoms with Gasteiger partial charge in [0, 0.05) is 24.5 Å². The number of carbonyl (C=O) groups is 1. The SMILES string of the molecule is Cc1cc(N2CCC(O)CC2)ccc1NC(=O)OCc1ccccc1. The van der Waals surface area contributed by atoms with Crippen LogP contribution in [0.4, 0.5) is 16.2 Å². The number of aliphatic hydroxyl groups excluding tert-OH is 1. The van der Waals surface area contributed by atoms with E-state index in [2.05, 4.69) is 16.3 Å². The number of hydrogen-bond donors (Lipinski definition) is 2. The van der Waals surface area contributed by atoms with Gasteiger partial charge in [-0.3, -0.25) is 5.32 Å². The van der Waals surface area contributed by atoms with Crippen molar-refractivity contribution in [2.24, 2.45) is 0 Å². The predicted octanol–water partition coefficient (Wildman–Crippen LogP) is 3.70. The Labute approximate surface area is 148 Å². The number of nitrogens with one attached hydrogen (secondary N) is 1. The Morgan fingerprint density at radius 2 is 1.92 bits per heavy atom. The molecule has 1 aliphatic rings. The molecule has 0 aliphatic carbocycles. The fraction of sp³-hybridized carbons (Fsp3) is 0.350. The second-order valence-corrected chi connectivity index (χ2v) is 6.40. The highest BCUT2D eigenvalue weighted by Gasteiger charge is 2.18. The lowest BCUT2D eigenvalue weighted by Gasteiger charge is -2.31. The van der Waals surface area contributed by atoms with Gasteiger partial charge in [-0.2, -0.15) is 0 Å². The number of hydrogen-bond acceptors (Lipinski definition) is 4. The number of aliphatic hydroxyl groups is 1. The Morgan fingerprint density at radius 3 is 2.60 bits per heavy atom. The first-order valence-electron chi connectivity index (χ1n) is 8.63. The van der Waals surface area contributed by atoms with Gasteiger partial charge in [0.2, 0.25) is 0 Å². The van der Waals surface area contributed by atoms with Crippen LogP contribution >= 0.6 is 0 Å². The number of nitrogens with zero attached hydrogens (tertiary/aromatic N) is 1. The minimum absolute atomic E-state index is 0.183. The van der Waals surface area contributed by atoms with E-state index < -0.39 is 6.09 Å². The van der Waals surface area contributed by atoms with Crippen LogP contribution in [0.15, 0.2) is 48.5 Å². The number of benzene rings is 2. The summed E-state index contributed by atoms with van der Waals surface area (Å²) < 4.78 is 5.26. The van der Waals surface area contributed by atoms with E-state index in [4.69, 9.17) is 4.74 Å². The molecular weight excluding hydrogens is 316 g/mol. The molecule has 0 spiro atoms. The van der Waals surface area contributed by atoms with E-state index in [0.717, 1.165) is 48.4 Å². The lowest BCUT2D eigenvalue weighted by atomic mass is 10.1. The van der Waals surface area contributed by atoms with Gasteiger partial charge in [0.05, 0.1) is 6.10 Å². The van der Waals surface area contributed by atoms with Gasteiger partial charge < -0.3 is 14.7 Å². The van der Waals surface area contributed by atoms with E-state index in [1.54, 1.807) is 0 Å². The molecule has 0 saturated carbocycles. The van der Waals surface area contributed by atoms with Crippen LogP contribution in [0.25, 0.3) is 0 Å². The third-order valence-electron chi connectivity index (χ3n) is 4.49. The first-order chi connectivity index (χ1) is 12.1. The van der Waals surface area contributed by atoms with Crippen molar-refractivity contribution >= 4 is 17.5 Å². The first-order valence-corrected chi connectivity index (χ1v) is 8.63. The van der Waals surface area contributed by atoms with Crippen molar-refractivity contribution < 1.29 is 14.6 Å². The van der Waals surface area contributed by atoms with Crippen molar-refractivity contribution in [3.05, 3.63) is 59.7 Å². The van der Waals surface area contributed by atoms with Gasteiger partial charge in [0.15, 0.2) is 0 Å². The molecule has 1 fully saturated rings. The summed E-state index contributed by atoms with van der Waals surface area (Å²) in [7, 11) is 0. The van der Waals surface area contributed by atoms with Crippen LogP contribution in [0.2, 0.25) is 0 Å². The maximum absolute atomic E-state index is 12.0. The van der Waals surface area contributed by atoms with Crippen molar-refractivity contribution in [1.82, 2.24) is 0 Å². The van der Waals surface area contributed by atoms with Crippen LogP contribution in [0.3, 0.4) is 0 Å². The van der Waals surface area contributed by atoms with E-state index >= 15 is 0 Å². The number of anilines is 2. The van der Waals surface area contributed by atoms with Gasteiger partial charge in [0.1, 0.15) is 6.61 Å². The molecule has 1 heterocycles. The molecule has 0 atom stereocenters. The number of ether oxygens (including phenoxy) is 1. The van der Waals surface area contributed by atoms with Gasteiger partial charge in [-0.25, -0.2) is 4.79 Å². The smallest absolute Gasteiger partial charge is 0.411 e. The highest BCUT2D eigenvalue weighted by Crippen LogP contribution is 2.25. The summed E-state index contributed by atoms with van der Waals surface area (Å²) in [4.78, 5) is 14.3. The van der Waals surface area contributed by atoms with Gasteiger partial charge in [-0.1, -0.05) is 30.3 Å². The number of piperidine rings is 1. The summed E-state index contributed by atoms with van der Waals surface area (Å²) in [5.41, 5.74) is 3.81. The van der Waals surface area contributed by atoms with Gasteiger partial charge in [0.25, 0.3) is 0 Å². The minimum atomic E-state index is -0.458. The molecule has 5 heteroatoms. The second-order valence-electron chi connectivity index (χ2n) is 6.40. The highest BCUT2D eigenvalue weighted by atomic mass is 16.5. The van der Waals surface area contributed by atoms with E-state index in [0.29, 0.717) is 0 Å². The molecule has 0 radical (unpaired) electrons. The summed E-state index contributed by atoms with van der Waals surface area (Å²) in [5, 5.41) is 12.4. The number of amides is 1. The van der Waals surface area contributed by atoms with Crippen LogP contribution in [0.5, 0.6) is 0 Å². The van der Waals surface area contributed by atoms with Crippen molar-refractivity contribution in [1.29, 1.82) is 0 Å². The number of rotatable bonds is 4. The van der Waals surface area contributed by atoms with Crippen molar-refractivity contribution in [2.45, 2.75) is 32.5 Å². The zero-order valence-electron chi connectivity index (χ0n) is 14.4. The van der Waals surface area contributed by atoms with Crippen LogP contribution in [-0.2, 0) is 11.3 Å². The van der Waals surface area contributed by atoms with Gasteiger partial charge in [-0.05, 0) is 49.1 Å². The lowest BCUT2D eigenvalue weighted by molar-refractivity contribution is 0.145.